The molecule has 0 radical (unpaired) electrons. The van der Waals surface area contributed by atoms with E-state index in [1.807, 2.05) is 30.3 Å². The summed E-state index contributed by atoms with van der Waals surface area (Å²) in [5, 5.41) is 2.18. The van der Waals surface area contributed by atoms with Crippen LogP contribution in [0.2, 0.25) is 0 Å². The molecule has 5 aromatic rings. The summed E-state index contributed by atoms with van der Waals surface area (Å²) in [5.74, 6) is -1.00. The van der Waals surface area contributed by atoms with Crippen LogP contribution in [0.1, 0.15) is 73.1 Å². The van der Waals surface area contributed by atoms with E-state index in [0.29, 0.717) is 24.1 Å². The molecule has 1 aliphatic rings. The lowest BCUT2D eigenvalue weighted by molar-refractivity contribution is 0.224. The second-order valence-corrected chi connectivity index (χ2v) is 11.4. The minimum atomic E-state index is -2.63. The number of nitrogens with zero attached hydrogens (tertiary/aromatic N) is 1. The van der Waals surface area contributed by atoms with Crippen LogP contribution in [-0.4, -0.2) is 4.98 Å². The summed E-state index contributed by atoms with van der Waals surface area (Å²) in [4.78, 5) is 4.57. The van der Waals surface area contributed by atoms with Gasteiger partial charge in [-0.25, -0.2) is 0 Å². The SMILES string of the molecule is [2H]c1cc(C2([2H])CCC(C)(C)CC2)cc(C([2H])([2H])[2H])c1-c1cc(-c2cccc3c2sc2ccccc23)ncc1C([2H])([2H])[2H]. The lowest BCUT2D eigenvalue weighted by atomic mass is 9.71. The second kappa shape index (κ2) is 8.60. The van der Waals surface area contributed by atoms with Gasteiger partial charge in [0, 0.05) is 41.5 Å². The van der Waals surface area contributed by atoms with E-state index in [-0.39, 0.29) is 33.7 Å². The zero-order chi connectivity index (χ0) is 30.9. The van der Waals surface area contributed by atoms with Gasteiger partial charge >= 0.3 is 0 Å². The zero-order valence-corrected chi connectivity index (χ0v) is 20.9. The summed E-state index contributed by atoms with van der Waals surface area (Å²) in [6, 6.07) is 18.7. The van der Waals surface area contributed by atoms with E-state index >= 15 is 0 Å². The Balaban J connectivity index is 1.58. The monoisotopic (exact) mass is 483 g/mol. The average Bonchev–Trinajstić information content (AvgIpc) is 3.32. The third-order valence-electron chi connectivity index (χ3n) is 7.41. The van der Waals surface area contributed by atoms with Crippen LogP contribution >= 0.6 is 11.3 Å². The van der Waals surface area contributed by atoms with Gasteiger partial charge in [-0.2, -0.15) is 0 Å². The molecule has 1 nitrogen and oxygen atoms in total. The molecule has 0 saturated heterocycles. The van der Waals surface area contributed by atoms with Crippen LogP contribution in [0.5, 0.6) is 0 Å². The number of benzene rings is 3. The van der Waals surface area contributed by atoms with Crippen molar-refractivity contribution in [2.24, 2.45) is 5.41 Å². The molecule has 0 aliphatic heterocycles. The molecule has 0 spiro atoms. The van der Waals surface area contributed by atoms with Gasteiger partial charge in [0.05, 0.1) is 7.06 Å². The van der Waals surface area contributed by atoms with Gasteiger partial charge in [-0.3, -0.25) is 4.98 Å². The van der Waals surface area contributed by atoms with E-state index < -0.39 is 19.6 Å². The fraction of sp³-hybridized carbons (Fsp3) is 0.303. The molecule has 0 unspecified atom stereocenters. The van der Waals surface area contributed by atoms with E-state index in [4.69, 9.17) is 9.60 Å². The lowest BCUT2D eigenvalue weighted by Crippen LogP contribution is -2.20. The predicted molar refractivity (Wildman–Crippen MR) is 152 cm³/mol. The Morgan fingerprint density at radius 3 is 2.54 bits per heavy atom. The fourth-order valence-corrected chi connectivity index (χ4v) is 6.42. The highest BCUT2D eigenvalue weighted by Gasteiger charge is 2.27. The number of fused-ring (bicyclic) bond motifs is 3. The van der Waals surface area contributed by atoms with Crippen molar-refractivity contribution in [2.75, 3.05) is 0 Å². The second-order valence-electron chi connectivity index (χ2n) is 10.3. The summed E-state index contributed by atoms with van der Waals surface area (Å²) < 4.78 is 70.6. The van der Waals surface area contributed by atoms with Crippen molar-refractivity contribution in [3.05, 3.63) is 89.6 Å². The molecule has 2 heterocycles. The van der Waals surface area contributed by atoms with Gasteiger partial charge in [0.25, 0.3) is 0 Å². The molecule has 2 heteroatoms. The number of hydrogen-bond donors (Lipinski definition) is 0. The van der Waals surface area contributed by atoms with Crippen molar-refractivity contribution >= 4 is 31.5 Å². The minimum absolute atomic E-state index is 0.0572. The van der Waals surface area contributed by atoms with E-state index in [0.717, 1.165) is 38.6 Å². The van der Waals surface area contributed by atoms with Crippen molar-refractivity contribution < 1.29 is 11.0 Å². The average molecular weight is 484 g/mol. The molecular formula is C33H33NS. The highest BCUT2D eigenvalue weighted by Crippen LogP contribution is 2.44. The highest BCUT2D eigenvalue weighted by molar-refractivity contribution is 7.26. The van der Waals surface area contributed by atoms with Crippen molar-refractivity contribution in [1.82, 2.24) is 4.98 Å². The van der Waals surface area contributed by atoms with E-state index in [1.165, 1.54) is 12.3 Å². The highest BCUT2D eigenvalue weighted by atomic mass is 32.1. The maximum atomic E-state index is 9.26. The normalized spacial score (nSPS) is 21.2. The number of thiophene rings is 1. The maximum Gasteiger partial charge on any atom is 0.0722 e. The molecule has 2 aromatic heterocycles. The van der Waals surface area contributed by atoms with Crippen LogP contribution in [0.25, 0.3) is 42.6 Å². The molecule has 35 heavy (non-hydrogen) atoms. The van der Waals surface area contributed by atoms with Crippen LogP contribution in [-0.2, 0) is 0 Å². The summed E-state index contributed by atoms with van der Waals surface area (Å²) >= 11 is 1.62. The lowest BCUT2D eigenvalue weighted by Gasteiger charge is -2.34. The van der Waals surface area contributed by atoms with Crippen molar-refractivity contribution in [3.63, 3.8) is 0 Å². The molecule has 1 saturated carbocycles. The number of rotatable bonds is 3. The Morgan fingerprint density at radius 2 is 1.71 bits per heavy atom. The van der Waals surface area contributed by atoms with Crippen LogP contribution in [0.4, 0.5) is 0 Å². The number of aryl methyl sites for hydroxylation is 2. The van der Waals surface area contributed by atoms with Gasteiger partial charge in [-0.1, -0.05) is 68.4 Å². The molecule has 0 amide bonds. The Kier molecular flexibility index (Phi) is 3.74. The molecule has 0 atom stereocenters. The van der Waals surface area contributed by atoms with Crippen LogP contribution in [0.3, 0.4) is 0 Å². The summed E-state index contributed by atoms with van der Waals surface area (Å²) in [7, 11) is 0. The molecular weight excluding hydrogens is 442 g/mol. The molecule has 0 bridgehead atoms. The Labute approximate surface area is 224 Å². The van der Waals surface area contributed by atoms with Crippen LogP contribution in [0.15, 0.2) is 72.9 Å². The van der Waals surface area contributed by atoms with Gasteiger partial charge in [0.15, 0.2) is 0 Å². The number of aromatic nitrogens is 1. The fourth-order valence-electron chi connectivity index (χ4n) is 5.20. The minimum Gasteiger partial charge on any atom is -0.256 e. The Hall–Kier alpha value is -2.97. The smallest absolute Gasteiger partial charge is 0.0722 e. The molecule has 176 valence electrons. The standard InChI is InChI=1S/C33H33NS/c1-21-18-24(23-14-16-33(3,4)17-15-23)12-13-25(21)29-19-30(34-20-22(29)2)28-10-7-9-27-26-8-5-6-11-31(26)35-32(27)28/h5-13,18-20,23H,14-17H2,1-4H3/i1D3,2D3,13D,23D. The first-order chi connectivity index (χ1) is 20.1. The first-order valence-electron chi connectivity index (χ1n) is 16.1. The molecule has 3 aromatic carbocycles. The molecule has 6 rings (SSSR count). The largest absolute Gasteiger partial charge is 0.256 e. The van der Waals surface area contributed by atoms with E-state index in [9.17, 15) is 1.37 Å². The summed E-state index contributed by atoms with van der Waals surface area (Å²) in [6.45, 7) is -0.869. The van der Waals surface area contributed by atoms with Gasteiger partial charge in [-0.05, 0) is 90.6 Å². The van der Waals surface area contributed by atoms with Gasteiger partial charge in [-0.15, -0.1) is 11.3 Å². The molecule has 1 aliphatic carbocycles. The maximum absolute atomic E-state index is 9.26. The molecule has 1 fully saturated rings. The summed E-state index contributed by atoms with van der Waals surface area (Å²) in [6.07, 6.45) is 4.09. The Morgan fingerprint density at radius 1 is 0.914 bits per heavy atom. The first-order valence-corrected chi connectivity index (χ1v) is 13.0. The number of pyridine rings is 1. The van der Waals surface area contributed by atoms with E-state index in [1.54, 1.807) is 23.5 Å². The number of hydrogen-bond acceptors (Lipinski definition) is 2. The Bertz CT molecular complexity index is 1860. The third kappa shape index (κ3) is 4.08. The topological polar surface area (TPSA) is 12.9 Å². The zero-order valence-electron chi connectivity index (χ0n) is 28.0. The third-order valence-corrected chi connectivity index (χ3v) is 8.63. The van der Waals surface area contributed by atoms with Crippen LogP contribution < -0.4 is 0 Å². The van der Waals surface area contributed by atoms with Gasteiger partial charge < -0.3 is 0 Å². The summed E-state index contributed by atoms with van der Waals surface area (Å²) in [5.41, 5.74) is 1.94. The van der Waals surface area contributed by atoms with Crippen molar-refractivity contribution in [3.8, 4) is 22.4 Å². The van der Waals surface area contributed by atoms with Crippen LogP contribution in [0, 0.1) is 19.1 Å². The predicted octanol–water partition coefficient (Wildman–Crippen LogP) is 10.1. The quantitative estimate of drug-likeness (QED) is 0.249. The van der Waals surface area contributed by atoms with Crippen molar-refractivity contribution in [2.45, 2.75) is 59.1 Å². The van der Waals surface area contributed by atoms with Gasteiger partial charge in [0.2, 0.25) is 0 Å². The first kappa shape index (κ1) is 15.2. The van der Waals surface area contributed by atoms with Gasteiger partial charge in [0.1, 0.15) is 0 Å². The molecule has 0 N–H and O–H groups in total. The van der Waals surface area contributed by atoms with E-state index in [2.05, 4.69) is 31.0 Å². The van der Waals surface area contributed by atoms with Crippen molar-refractivity contribution in [1.29, 1.82) is 0 Å².